The van der Waals surface area contributed by atoms with Gasteiger partial charge in [-0.1, -0.05) is 36.9 Å². The zero-order valence-electron chi connectivity index (χ0n) is 14.7. The van der Waals surface area contributed by atoms with E-state index in [1.54, 1.807) is 21.3 Å². The van der Waals surface area contributed by atoms with Gasteiger partial charge in [0.2, 0.25) is 0 Å². The number of hydrogen-bond acceptors (Lipinski definition) is 5. The zero-order valence-corrected chi connectivity index (χ0v) is 15.7. The van der Waals surface area contributed by atoms with Crippen LogP contribution >= 0.6 is 0 Å². The Morgan fingerprint density at radius 3 is 2.39 bits per heavy atom. The van der Waals surface area contributed by atoms with Gasteiger partial charge in [-0.3, -0.25) is 5.32 Å². The van der Waals surface area contributed by atoms with E-state index in [4.69, 9.17) is 13.3 Å². The predicted octanol–water partition coefficient (Wildman–Crippen LogP) is 2.62. The number of nitrogens with one attached hydrogen (secondary N) is 2. The Bertz CT molecular complexity index is 459. The van der Waals surface area contributed by atoms with Gasteiger partial charge in [0, 0.05) is 33.9 Å². The van der Waals surface area contributed by atoms with Crippen molar-refractivity contribution in [2.75, 3.05) is 27.9 Å². The van der Waals surface area contributed by atoms with Gasteiger partial charge in [-0.15, -0.1) is 0 Å². The third kappa shape index (κ3) is 6.54. The zero-order chi connectivity index (χ0) is 17.1. The van der Waals surface area contributed by atoms with Crippen molar-refractivity contribution in [1.29, 1.82) is 0 Å². The van der Waals surface area contributed by atoms with Crippen molar-refractivity contribution in [3.63, 3.8) is 0 Å². The lowest BCUT2D eigenvalue weighted by atomic mass is 10.1. The average Bonchev–Trinajstić information content (AvgIpc) is 2.61. The van der Waals surface area contributed by atoms with Crippen molar-refractivity contribution in [2.45, 2.75) is 32.1 Å². The molecule has 0 radical (unpaired) electrons. The van der Waals surface area contributed by atoms with Crippen LogP contribution < -0.4 is 10.6 Å². The lowest BCUT2D eigenvalue weighted by molar-refractivity contribution is 0.123. The molecule has 2 N–H and O–H groups in total. The maximum atomic E-state index is 5.42. The molecule has 1 atom stereocenters. The van der Waals surface area contributed by atoms with Crippen LogP contribution in [0.4, 0.5) is 0 Å². The summed E-state index contributed by atoms with van der Waals surface area (Å²) in [5, 5.41) is 6.93. The minimum atomic E-state index is -2.44. The van der Waals surface area contributed by atoms with Crippen LogP contribution in [0.2, 0.25) is 6.04 Å². The molecule has 0 aliphatic heterocycles. The quantitative estimate of drug-likeness (QED) is 0.349. The van der Waals surface area contributed by atoms with Gasteiger partial charge in [-0.25, -0.2) is 0 Å². The first-order valence-electron chi connectivity index (χ1n) is 7.93. The highest BCUT2D eigenvalue weighted by atomic mass is 28.4. The molecule has 0 fully saturated rings. The topological polar surface area (TPSA) is 51.8 Å². The van der Waals surface area contributed by atoms with E-state index in [1.165, 1.54) is 11.1 Å². The Labute approximate surface area is 141 Å². The van der Waals surface area contributed by atoms with Crippen molar-refractivity contribution in [3.05, 3.63) is 42.0 Å². The highest BCUT2D eigenvalue weighted by molar-refractivity contribution is 6.60. The smallest absolute Gasteiger partial charge is 0.377 e. The van der Waals surface area contributed by atoms with E-state index in [0.29, 0.717) is 0 Å². The van der Waals surface area contributed by atoms with Crippen LogP contribution in [0.3, 0.4) is 0 Å². The molecule has 130 valence electrons. The SMILES string of the molecule is C=Cc1ccccc1CNC(C)NCCC[Si](OC)(OC)OC. The first-order chi connectivity index (χ1) is 11.1. The molecular weight excluding hydrogens is 308 g/mol. The van der Waals surface area contributed by atoms with Crippen molar-refractivity contribution in [2.24, 2.45) is 0 Å². The number of hydrogen-bond donors (Lipinski definition) is 2. The molecule has 1 aromatic carbocycles. The fourth-order valence-electron chi connectivity index (χ4n) is 2.41. The number of benzene rings is 1. The fraction of sp³-hybridized carbons (Fsp3) is 0.529. The normalized spacial score (nSPS) is 13.0. The lowest BCUT2D eigenvalue weighted by Gasteiger charge is -2.24. The van der Waals surface area contributed by atoms with E-state index < -0.39 is 8.80 Å². The summed E-state index contributed by atoms with van der Waals surface area (Å²) in [6, 6.07) is 9.07. The summed E-state index contributed by atoms with van der Waals surface area (Å²) in [7, 11) is 2.50. The molecule has 5 nitrogen and oxygen atoms in total. The highest BCUT2D eigenvalue weighted by Gasteiger charge is 2.36. The molecule has 0 aliphatic rings. The second kappa shape index (κ2) is 10.7. The van der Waals surface area contributed by atoms with Crippen LogP contribution in [0.1, 0.15) is 24.5 Å². The first kappa shape index (κ1) is 20.0. The van der Waals surface area contributed by atoms with Gasteiger partial charge < -0.3 is 18.6 Å². The van der Waals surface area contributed by atoms with Gasteiger partial charge in [-0.05, 0) is 31.0 Å². The van der Waals surface area contributed by atoms with Crippen LogP contribution in [-0.4, -0.2) is 42.8 Å². The second-order valence-corrected chi connectivity index (χ2v) is 8.45. The van der Waals surface area contributed by atoms with Gasteiger partial charge >= 0.3 is 8.80 Å². The molecule has 0 spiro atoms. The molecule has 0 aliphatic carbocycles. The Balaban J connectivity index is 2.29. The van der Waals surface area contributed by atoms with Crippen LogP contribution in [0.5, 0.6) is 0 Å². The summed E-state index contributed by atoms with van der Waals surface area (Å²) in [5.41, 5.74) is 2.42. The molecule has 6 heteroatoms. The van der Waals surface area contributed by atoms with Crippen LogP contribution in [0, 0.1) is 0 Å². The van der Waals surface area contributed by atoms with Crippen LogP contribution in [0.25, 0.3) is 6.08 Å². The summed E-state index contributed by atoms with van der Waals surface area (Å²) in [6.07, 6.45) is 3.05. The fourth-order valence-corrected chi connectivity index (χ4v) is 4.13. The van der Waals surface area contributed by atoms with E-state index in [1.807, 2.05) is 18.2 Å². The molecule has 0 saturated heterocycles. The van der Waals surface area contributed by atoms with Crippen molar-refractivity contribution in [3.8, 4) is 0 Å². The van der Waals surface area contributed by atoms with Gasteiger partial charge in [-0.2, -0.15) is 0 Å². The third-order valence-corrected chi connectivity index (χ3v) is 6.75. The van der Waals surface area contributed by atoms with Gasteiger partial charge in [0.1, 0.15) is 0 Å². The van der Waals surface area contributed by atoms with Crippen LogP contribution in [0.15, 0.2) is 30.8 Å². The molecule has 0 heterocycles. The van der Waals surface area contributed by atoms with E-state index in [2.05, 4.69) is 36.3 Å². The molecule has 1 unspecified atom stereocenters. The Hall–Kier alpha value is -1.02. The molecule has 23 heavy (non-hydrogen) atoms. The first-order valence-corrected chi connectivity index (χ1v) is 9.86. The monoisotopic (exact) mass is 338 g/mol. The Kier molecular flexibility index (Phi) is 9.31. The molecule has 0 aromatic heterocycles. The van der Waals surface area contributed by atoms with Crippen molar-refractivity contribution < 1.29 is 13.3 Å². The summed E-state index contributed by atoms with van der Waals surface area (Å²) in [6.45, 7) is 7.65. The second-order valence-electron chi connectivity index (χ2n) is 5.36. The molecular formula is C17H30N2O3Si. The summed E-state index contributed by atoms with van der Waals surface area (Å²) in [5.74, 6) is 0. The maximum Gasteiger partial charge on any atom is 0.500 e. The van der Waals surface area contributed by atoms with E-state index >= 15 is 0 Å². The largest absolute Gasteiger partial charge is 0.500 e. The molecule has 1 rings (SSSR count). The molecule has 0 bridgehead atoms. The van der Waals surface area contributed by atoms with E-state index in [-0.39, 0.29) is 6.17 Å². The molecule has 0 amide bonds. The summed E-state index contributed by atoms with van der Waals surface area (Å²) < 4.78 is 16.2. The lowest BCUT2D eigenvalue weighted by Crippen LogP contribution is -2.44. The summed E-state index contributed by atoms with van der Waals surface area (Å²) in [4.78, 5) is 0. The average molecular weight is 339 g/mol. The van der Waals surface area contributed by atoms with Gasteiger partial charge in [0.25, 0.3) is 0 Å². The Morgan fingerprint density at radius 2 is 1.78 bits per heavy atom. The predicted molar refractivity (Wildman–Crippen MR) is 97.0 cm³/mol. The minimum absolute atomic E-state index is 0.219. The summed E-state index contributed by atoms with van der Waals surface area (Å²) >= 11 is 0. The molecule has 0 saturated carbocycles. The number of rotatable bonds is 12. The standard InChI is InChI=1S/C17H30N2O3Si/c1-6-16-10-7-8-11-17(16)14-19-15(2)18-12-9-13-23(20-3,21-4)22-5/h6-8,10-11,15,18-19H,1,9,12-14H2,2-5H3. The van der Waals surface area contributed by atoms with Crippen molar-refractivity contribution >= 4 is 14.9 Å². The highest BCUT2D eigenvalue weighted by Crippen LogP contribution is 2.14. The Morgan fingerprint density at radius 1 is 1.13 bits per heavy atom. The van der Waals surface area contributed by atoms with Crippen LogP contribution in [-0.2, 0) is 19.8 Å². The third-order valence-electron chi connectivity index (χ3n) is 3.92. The minimum Gasteiger partial charge on any atom is -0.377 e. The molecule has 1 aromatic rings. The van der Waals surface area contributed by atoms with Crippen molar-refractivity contribution in [1.82, 2.24) is 10.6 Å². The van der Waals surface area contributed by atoms with Gasteiger partial charge in [0.15, 0.2) is 0 Å². The maximum absolute atomic E-state index is 5.42. The van der Waals surface area contributed by atoms with E-state index in [0.717, 1.165) is 25.6 Å². The van der Waals surface area contributed by atoms with Gasteiger partial charge in [0.05, 0.1) is 6.17 Å². The van der Waals surface area contributed by atoms with E-state index in [9.17, 15) is 0 Å².